The first-order valence-corrected chi connectivity index (χ1v) is 8.33. The Morgan fingerprint density at radius 1 is 1.32 bits per heavy atom. The average Bonchev–Trinajstić information content (AvgIpc) is 2.37. The predicted molar refractivity (Wildman–Crippen MR) is 89.1 cm³/mol. The van der Waals surface area contributed by atoms with E-state index in [1.807, 2.05) is 25.7 Å². The third-order valence-electron chi connectivity index (χ3n) is 4.12. The van der Waals surface area contributed by atoms with E-state index in [1.165, 1.54) is 0 Å². The largest absolute Gasteiger partial charge is 0.444 e. The van der Waals surface area contributed by atoms with Crippen LogP contribution in [0.25, 0.3) is 0 Å². The van der Waals surface area contributed by atoms with Gasteiger partial charge in [-0.1, -0.05) is 13.8 Å². The first kappa shape index (κ1) is 19.2. The Balaban J connectivity index is 2.32. The van der Waals surface area contributed by atoms with E-state index in [1.54, 1.807) is 7.11 Å². The van der Waals surface area contributed by atoms with Crippen LogP contribution < -0.4 is 5.32 Å². The number of hydrogen-bond donors (Lipinski definition) is 1. The van der Waals surface area contributed by atoms with E-state index in [-0.39, 0.29) is 11.5 Å². The van der Waals surface area contributed by atoms with Crippen LogP contribution in [0.3, 0.4) is 0 Å². The Labute approximate surface area is 135 Å². The molecule has 5 heteroatoms. The van der Waals surface area contributed by atoms with Crippen LogP contribution in [-0.4, -0.2) is 56.5 Å². The highest BCUT2D eigenvalue weighted by atomic mass is 16.6. The standard InChI is InChI=1S/C17H34N2O3/c1-14(12-21-6)11-18-13-17(5)7-9-19(10-8-17)15(20)22-16(2,3)4/h14,18H,7-13H2,1-6H3. The van der Waals surface area contributed by atoms with Crippen LogP contribution in [0.4, 0.5) is 4.79 Å². The summed E-state index contributed by atoms with van der Waals surface area (Å²) in [5.41, 5.74) is -0.165. The molecule has 1 rings (SSSR count). The topological polar surface area (TPSA) is 50.8 Å². The minimum Gasteiger partial charge on any atom is -0.444 e. The van der Waals surface area contributed by atoms with Crippen molar-refractivity contribution in [1.29, 1.82) is 0 Å². The maximum Gasteiger partial charge on any atom is 0.410 e. The second kappa shape index (κ2) is 8.16. The third kappa shape index (κ3) is 6.97. The van der Waals surface area contributed by atoms with Gasteiger partial charge in [0.15, 0.2) is 0 Å². The van der Waals surface area contributed by atoms with Crippen LogP contribution in [0.1, 0.15) is 47.5 Å². The normalized spacial score (nSPS) is 19.8. The van der Waals surface area contributed by atoms with Crippen LogP contribution in [0.15, 0.2) is 0 Å². The summed E-state index contributed by atoms with van der Waals surface area (Å²) in [4.78, 5) is 13.9. The van der Waals surface area contributed by atoms with E-state index >= 15 is 0 Å². The predicted octanol–water partition coefficient (Wildman–Crippen LogP) is 2.90. The van der Waals surface area contributed by atoms with Gasteiger partial charge < -0.3 is 19.7 Å². The molecular formula is C17H34N2O3. The lowest BCUT2D eigenvalue weighted by molar-refractivity contribution is 0.0118. The molecule has 5 nitrogen and oxygen atoms in total. The highest BCUT2D eigenvalue weighted by molar-refractivity contribution is 5.68. The molecule has 0 saturated carbocycles. The highest BCUT2D eigenvalue weighted by Crippen LogP contribution is 2.30. The summed E-state index contributed by atoms with van der Waals surface area (Å²) in [6, 6.07) is 0. The minimum atomic E-state index is -0.420. The van der Waals surface area contributed by atoms with Gasteiger partial charge in [-0.15, -0.1) is 0 Å². The first-order chi connectivity index (χ1) is 10.2. The molecule has 0 aromatic carbocycles. The van der Waals surface area contributed by atoms with Crippen molar-refractivity contribution in [2.24, 2.45) is 11.3 Å². The molecule has 0 spiro atoms. The van der Waals surface area contributed by atoms with Crippen molar-refractivity contribution in [3.8, 4) is 0 Å². The van der Waals surface area contributed by atoms with Gasteiger partial charge in [-0.25, -0.2) is 4.79 Å². The van der Waals surface area contributed by atoms with Crippen molar-refractivity contribution in [3.05, 3.63) is 0 Å². The number of nitrogens with one attached hydrogen (secondary N) is 1. The van der Waals surface area contributed by atoms with Crippen LogP contribution in [0, 0.1) is 11.3 Å². The number of rotatable bonds is 6. The molecular weight excluding hydrogens is 280 g/mol. The number of ether oxygens (including phenoxy) is 2. The molecule has 1 fully saturated rings. The zero-order chi connectivity index (χ0) is 16.8. The molecule has 0 radical (unpaired) electrons. The molecule has 130 valence electrons. The van der Waals surface area contributed by atoms with Gasteiger partial charge in [0.05, 0.1) is 0 Å². The fraction of sp³-hybridized carbons (Fsp3) is 0.941. The number of hydrogen-bond acceptors (Lipinski definition) is 4. The molecule has 0 aromatic rings. The second-order valence-electron chi connectivity index (χ2n) is 7.97. The Bertz CT molecular complexity index is 344. The van der Waals surface area contributed by atoms with Crippen molar-refractivity contribution in [2.45, 2.75) is 53.1 Å². The monoisotopic (exact) mass is 314 g/mol. The number of piperidine rings is 1. The van der Waals surface area contributed by atoms with E-state index in [4.69, 9.17) is 9.47 Å². The van der Waals surface area contributed by atoms with Crippen molar-refractivity contribution in [1.82, 2.24) is 10.2 Å². The Hall–Kier alpha value is -0.810. The molecule has 0 aliphatic carbocycles. The number of methoxy groups -OCH3 is 1. The molecule has 0 aromatic heterocycles. The summed E-state index contributed by atoms with van der Waals surface area (Å²) in [6.45, 7) is 14.5. The number of carbonyl (C=O) groups excluding carboxylic acids is 1. The summed E-state index contributed by atoms with van der Waals surface area (Å²) in [5.74, 6) is 0.524. The van der Waals surface area contributed by atoms with Gasteiger partial charge in [0.25, 0.3) is 0 Å². The Morgan fingerprint density at radius 2 is 1.91 bits per heavy atom. The van der Waals surface area contributed by atoms with Crippen molar-refractivity contribution in [3.63, 3.8) is 0 Å². The average molecular weight is 314 g/mol. The summed E-state index contributed by atoms with van der Waals surface area (Å²) in [7, 11) is 1.74. The molecule has 1 aliphatic rings. The first-order valence-electron chi connectivity index (χ1n) is 8.33. The Kier molecular flexibility index (Phi) is 7.13. The molecule has 0 bridgehead atoms. The van der Waals surface area contributed by atoms with E-state index in [0.717, 1.165) is 45.6 Å². The maximum absolute atomic E-state index is 12.1. The molecule has 1 amide bonds. The number of amides is 1. The summed E-state index contributed by atoms with van der Waals surface area (Å²) < 4.78 is 10.6. The van der Waals surface area contributed by atoms with Gasteiger partial charge in [0.2, 0.25) is 0 Å². The molecule has 1 aliphatic heterocycles. The van der Waals surface area contributed by atoms with Gasteiger partial charge in [-0.05, 0) is 51.5 Å². The maximum atomic E-state index is 12.1. The summed E-state index contributed by atoms with van der Waals surface area (Å²) >= 11 is 0. The van der Waals surface area contributed by atoms with Gasteiger partial charge in [-0.2, -0.15) is 0 Å². The number of nitrogens with zero attached hydrogens (tertiary/aromatic N) is 1. The lowest BCUT2D eigenvalue weighted by atomic mass is 9.80. The minimum absolute atomic E-state index is 0.184. The zero-order valence-corrected chi connectivity index (χ0v) is 15.2. The molecule has 1 unspecified atom stereocenters. The second-order valence-corrected chi connectivity index (χ2v) is 7.97. The smallest absolute Gasteiger partial charge is 0.410 e. The SMILES string of the molecule is COCC(C)CNCC1(C)CCN(C(=O)OC(C)(C)C)CC1. The zero-order valence-electron chi connectivity index (χ0n) is 15.2. The van der Waals surface area contributed by atoms with Gasteiger partial charge >= 0.3 is 6.09 Å². The molecule has 1 heterocycles. The van der Waals surface area contributed by atoms with Crippen molar-refractivity contribution < 1.29 is 14.3 Å². The van der Waals surface area contributed by atoms with Crippen LogP contribution in [0.2, 0.25) is 0 Å². The molecule has 1 N–H and O–H groups in total. The lowest BCUT2D eigenvalue weighted by Crippen LogP contribution is -2.47. The van der Waals surface area contributed by atoms with E-state index in [9.17, 15) is 4.79 Å². The van der Waals surface area contributed by atoms with E-state index in [0.29, 0.717) is 5.92 Å². The quantitative estimate of drug-likeness (QED) is 0.819. The Morgan fingerprint density at radius 3 is 2.41 bits per heavy atom. The lowest BCUT2D eigenvalue weighted by Gasteiger charge is -2.40. The third-order valence-corrected chi connectivity index (χ3v) is 4.12. The molecule has 1 atom stereocenters. The van der Waals surface area contributed by atoms with Gasteiger partial charge in [0.1, 0.15) is 5.60 Å². The fourth-order valence-corrected chi connectivity index (χ4v) is 2.70. The van der Waals surface area contributed by atoms with Crippen molar-refractivity contribution in [2.75, 3.05) is 39.9 Å². The van der Waals surface area contributed by atoms with Crippen molar-refractivity contribution >= 4 is 6.09 Å². The van der Waals surface area contributed by atoms with Crippen LogP contribution >= 0.6 is 0 Å². The number of carbonyl (C=O) groups is 1. The van der Waals surface area contributed by atoms with Gasteiger partial charge in [0, 0.05) is 33.4 Å². The molecule has 1 saturated heterocycles. The molecule has 22 heavy (non-hydrogen) atoms. The summed E-state index contributed by atoms with van der Waals surface area (Å²) in [5, 5.41) is 3.55. The highest BCUT2D eigenvalue weighted by Gasteiger charge is 2.33. The fourth-order valence-electron chi connectivity index (χ4n) is 2.70. The van der Waals surface area contributed by atoms with Crippen LogP contribution in [0.5, 0.6) is 0 Å². The number of likely N-dealkylation sites (tertiary alicyclic amines) is 1. The van der Waals surface area contributed by atoms with E-state index < -0.39 is 5.60 Å². The van der Waals surface area contributed by atoms with E-state index in [2.05, 4.69) is 19.2 Å². The van der Waals surface area contributed by atoms with Crippen LogP contribution in [-0.2, 0) is 9.47 Å². The van der Waals surface area contributed by atoms with Gasteiger partial charge in [-0.3, -0.25) is 0 Å². The summed E-state index contributed by atoms with van der Waals surface area (Å²) in [6.07, 6.45) is 1.84.